The number of hydrogen-bond donors (Lipinski definition) is 1. The first-order valence-corrected chi connectivity index (χ1v) is 6.59. The fourth-order valence-corrected chi connectivity index (χ4v) is 2.73. The number of nitriles is 1. The second-order valence-electron chi connectivity index (χ2n) is 5.14. The van der Waals surface area contributed by atoms with E-state index in [0.29, 0.717) is 6.42 Å². The molecule has 1 aromatic carbocycles. The Morgan fingerprint density at radius 2 is 2.22 bits per heavy atom. The van der Waals surface area contributed by atoms with Gasteiger partial charge >= 0.3 is 0 Å². The van der Waals surface area contributed by atoms with Crippen molar-refractivity contribution >= 4 is 0 Å². The number of nitrogens with one attached hydrogen (secondary N) is 1. The second-order valence-corrected chi connectivity index (χ2v) is 5.14. The van der Waals surface area contributed by atoms with Gasteiger partial charge in [0.25, 0.3) is 0 Å². The van der Waals surface area contributed by atoms with Gasteiger partial charge in [-0.25, -0.2) is 4.39 Å². The molecule has 0 radical (unpaired) electrons. The Hall–Kier alpha value is -1.40. The third-order valence-corrected chi connectivity index (χ3v) is 3.66. The van der Waals surface area contributed by atoms with E-state index in [-0.39, 0.29) is 23.8 Å². The summed E-state index contributed by atoms with van der Waals surface area (Å²) in [4.78, 5) is 0. The first-order valence-electron chi connectivity index (χ1n) is 6.59. The van der Waals surface area contributed by atoms with Crippen LogP contribution >= 0.6 is 0 Å². The van der Waals surface area contributed by atoms with Crippen LogP contribution in [0.25, 0.3) is 0 Å². The van der Waals surface area contributed by atoms with Crippen LogP contribution in [-0.2, 0) is 6.42 Å². The van der Waals surface area contributed by atoms with E-state index in [1.165, 1.54) is 6.07 Å². The van der Waals surface area contributed by atoms with Gasteiger partial charge in [0, 0.05) is 12.1 Å². The lowest BCUT2D eigenvalue weighted by atomic mass is 10.0. The van der Waals surface area contributed by atoms with Gasteiger partial charge in [-0.1, -0.05) is 24.6 Å². The molecule has 2 rings (SSSR count). The summed E-state index contributed by atoms with van der Waals surface area (Å²) in [5.74, 6) is -0.0255. The molecular weight excluding hydrogens is 227 g/mol. The van der Waals surface area contributed by atoms with Crippen LogP contribution in [0.3, 0.4) is 0 Å². The summed E-state index contributed by atoms with van der Waals surface area (Å²) < 4.78 is 13.5. The standard InChI is InChI=1S/C15H19FN2/c1-11(9-12-5-2-3-7-14(12)16)18-15-8-4-6-13(15)10-17/h2-3,5,7,11,13,15,18H,4,6,8-9H2,1H3. The fourth-order valence-electron chi connectivity index (χ4n) is 2.73. The lowest BCUT2D eigenvalue weighted by molar-refractivity contribution is 0.405. The predicted molar refractivity (Wildman–Crippen MR) is 69.4 cm³/mol. The Morgan fingerprint density at radius 1 is 1.44 bits per heavy atom. The lowest BCUT2D eigenvalue weighted by Gasteiger charge is -2.21. The molecule has 96 valence electrons. The first kappa shape index (κ1) is 13.0. The van der Waals surface area contributed by atoms with Crippen LogP contribution in [0, 0.1) is 23.1 Å². The Labute approximate surface area is 108 Å². The van der Waals surface area contributed by atoms with E-state index in [4.69, 9.17) is 5.26 Å². The Bertz CT molecular complexity index is 438. The minimum Gasteiger partial charge on any atom is -0.310 e. The predicted octanol–water partition coefficient (Wildman–Crippen LogP) is 3.04. The van der Waals surface area contributed by atoms with E-state index in [1.807, 2.05) is 12.1 Å². The van der Waals surface area contributed by atoms with Crippen LogP contribution in [0.2, 0.25) is 0 Å². The number of benzene rings is 1. The summed E-state index contributed by atoms with van der Waals surface area (Å²) in [7, 11) is 0. The molecule has 3 atom stereocenters. The highest BCUT2D eigenvalue weighted by Gasteiger charge is 2.27. The van der Waals surface area contributed by atoms with E-state index in [0.717, 1.165) is 24.8 Å². The smallest absolute Gasteiger partial charge is 0.126 e. The molecule has 2 nitrogen and oxygen atoms in total. The largest absolute Gasteiger partial charge is 0.310 e. The van der Waals surface area contributed by atoms with Crippen LogP contribution < -0.4 is 5.32 Å². The number of rotatable bonds is 4. The lowest BCUT2D eigenvalue weighted by Crippen LogP contribution is -2.39. The van der Waals surface area contributed by atoms with E-state index >= 15 is 0 Å². The van der Waals surface area contributed by atoms with Gasteiger partial charge in [-0.05, 0) is 37.8 Å². The molecular formula is C15H19FN2. The molecule has 0 saturated heterocycles. The number of halogens is 1. The summed E-state index contributed by atoms with van der Waals surface area (Å²) in [5.41, 5.74) is 0.740. The van der Waals surface area contributed by atoms with E-state index in [2.05, 4.69) is 18.3 Å². The summed E-state index contributed by atoms with van der Waals surface area (Å²) in [6.07, 6.45) is 3.82. The van der Waals surface area contributed by atoms with Crippen molar-refractivity contribution in [2.45, 2.75) is 44.7 Å². The SMILES string of the molecule is CC(Cc1ccccc1F)NC1CCCC1C#N. The average molecular weight is 246 g/mol. The topological polar surface area (TPSA) is 35.8 Å². The summed E-state index contributed by atoms with van der Waals surface area (Å²) in [6, 6.07) is 9.71. The molecule has 1 fully saturated rings. The van der Waals surface area contributed by atoms with Crippen LogP contribution in [0.4, 0.5) is 4.39 Å². The zero-order valence-corrected chi connectivity index (χ0v) is 10.7. The van der Waals surface area contributed by atoms with Crippen molar-refractivity contribution in [1.82, 2.24) is 5.32 Å². The van der Waals surface area contributed by atoms with Crippen LogP contribution in [0.1, 0.15) is 31.7 Å². The normalized spacial score (nSPS) is 24.7. The van der Waals surface area contributed by atoms with Crippen molar-refractivity contribution in [1.29, 1.82) is 5.26 Å². The van der Waals surface area contributed by atoms with E-state index < -0.39 is 0 Å². The molecule has 1 aliphatic rings. The van der Waals surface area contributed by atoms with Crippen molar-refractivity contribution in [2.24, 2.45) is 5.92 Å². The maximum atomic E-state index is 13.5. The molecule has 3 heteroatoms. The first-order chi connectivity index (χ1) is 8.70. The fraction of sp³-hybridized carbons (Fsp3) is 0.533. The monoisotopic (exact) mass is 246 g/mol. The highest BCUT2D eigenvalue weighted by molar-refractivity contribution is 5.18. The summed E-state index contributed by atoms with van der Waals surface area (Å²) >= 11 is 0. The van der Waals surface area contributed by atoms with Crippen molar-refractivity contribution in [3.05, 3.63) is 35.6 Å². The molecule has 1 aromatic rings. The maximum absolute atomic E-state index is 13.5. The van der Waals surface area contributed by atoms with Crippen LogP contribution in [-0.4, -0.2) is 12.1 Å². The zero-order chi connectivity index (χ0) is 13.0. The van der Waals surface area contributed by atoms with Crippen molar-refractivity contribution in [3.8, 4) is 6.07 Å². The molecule has 1 N–H and O–H groups in total. The van der Waals surface area contributed by atoms with Crippen molar-refractivity contribution < 1.29 is 4.39 Å². The molecule has 0 amide bonds. The minimum absolute atomic E-state index is 0.119. The van der Waals surface area contributed by atoms with Crippen LogP contribution in [0.15, 0.2) is 24.3 Å². The Balaban J connectivity index is 1.91. The molecule has 1 saturated carbocycles. The van der Waals surface area contributed by atoms with Gasteiger partial charge in [0.2, 0.25) is 0 Å². The molecule has 3 unspecified atom stereocenters. The van der Waals surface area contributed by atoms with Gasteiger partial charge in [0.1, 0.15) is 5.82 Å². The Kier molecular flexibility index (Phi) is 4.33. The maximum Gasteiger partial charge on any atom is 0.126 e. The quantitative estimate of drug-likeness (QED) is 0.886. The van der Waals surface area contributed by atoms with Gasteiger partial charge in [0.05, 0.1) is 12.0 Å². The zero-order valence-electron chi connectivity index (χ0n) is 10.7. The summed E-state index contributed by atoms with van der Waals surface area (Å²) in [5, 5.41) is 12.5. The van der Waals surface area contributed by atoms with Gasteiger partial charge in [-0.2, -0.15) is 5.26 Å². The van der Waals surface area contributed by atoms with E-state index in [9.17, 15) is 4.39 Å². The summed E-state index contributed by atoms with van der Waals surface area (Å²) in [6.45, 7) is 2.05. The number of nitrogens with zero attached hydrogens (tertiary/aromatic N) is 1. The van der Waals surface area contributed by atoms with Crippen LogP contribution in [0.5, 0.6) is 0 Å². The van der Waals surface area contributed by atoms with Gasteiger partial charge < -0.3 is 5.32 Å². The van der Waals surface area contributed by atoms with Gasteiger partial charge in [-0.3, -0.25) is 0 Å². The highest BCUT2D eigenvalue weighted by Crippen LogP contribution is 2.25. The van der Waals surface area contributed by atoms with Gasteiger partial charge in [-0.15, -0.1) is 0 Å². The number of hydrogen-bond acceptors (Lipinski definition) is 2. The molecule has 0 heterocycles. The molecule has 0 aromatic heterocycles. The minimum atomic E-state index is -0.144. The molecule has 0 aliphatic heterocycles. The third-order valence-electron chi connectivity index (χ3n) is 3.66. The molecule has 0 spiro atoms. The molecule has 1 aliphatic carbocycles. The third kappa shape index (κ3) is 3.08. The van der Waals surface area contributed by atoms with Gasteiger partial charge in [0.15, 0.2) is 0 Å². The van der Waals surface area contributed by atoms with E-state index in [1.54, 1.807) is 6.07 Å². The molecule has 0 bridgehead atoms. The highest BCUT2D eigenvalue weighted by atomic mass is 19.1. The second kappa shape index (κ2) is 5.97. The van der Waals surface area contributed by atoms with Crippen molar-refractivity contribution in [3.63, 3.8) is 0 Å². The average Bonchev–Trinajstić information content (AvgIpc) is 2.79. The molecule has 18 heavy (non-hydrogen) atoms. The Morgan fingerprint density at radius 3 is 2.94 bits per heavy atom. The van der Waals surface area contributed by atoms with Crippen molar-refractivity contribution in [2.75, 3.05) is 0 Å².